The zero-order chi connectivity index (χ0) is 17.3. The Bertz CT molecular complexity index is 576. The predicted molar refractivity (Wildman–Crippen MR) is 97.8 cm³/mol. The molecular formula is C19H32N4O. The first-order valence-corrected chi connectivity index (χ1v) is 9.01. The third kappa shape index (κ3) is 3.98. The van der Waals surface area contributed by atoms with Gasteiger partial charge in [0, 0.05) is 38.6 Å². The molecule has 2 saturated heterocycles. The van der Waals surface area contributed by atoms with Crippen LogP contribution in [0, 0.1) is 19.8 Å². The van der Waals surface area contributed by atoms with Crippen LogP contribution >= 0.6 is 0 Å². The molecule has 0 bridgehead atoms. The van der Waals surface area contributed by atoms with Gasteiger partial charge in [-0.05, 0) is 45.5 Å². The molecule has 0 spiro atoms. The van der Waals surface area contributed by atoms with Crippen LogP contribution in [0.3, 0.4) is 0 Å². The van der Waals surface area contributed by atoms with Crippen molar-refractivity contribution in [2.45, 2.75) is 31.9 Å². The summed E-state index contributed by atoms with van der Waals surface area (Å²) in [6.07, 6.45) is 0.868. The van der Waals surface area contributed by atoms with E-state index in [0.29, 0.717) is 12.0 Å². The van der Waals surface area contributed by atoms with Crippen molar-refractivity contribution in [3.63, 3.8) is 0 Å². The molecule has 1 aromatic carbocycles. The first-order chi connectivity index (χ1) is 11.4. The van der Waals surface area contributed by atoms with E-state index in [-0.39, 0.29) is 0 Å². The average Bonchev–Trinajstić information content (AvgIpc) is 3.08. The highest BCUT2D eigenvalue weighted by Crippen LogP contribution is 2.31. The molecule has 0 aliphatic carbocycles. The van der Waals surface area contributed by atoms with E-state index in [1.54, 1.807) is 0 Å². The molecule has 24 heavy (non-hydrogen) atoms. The summed E-state index contributed by atoms with van der Waals surface area (Å²) in [6.45, 7) is 8.85. The first-order valence-electron chi connectivity index (χ1n) is 9.01. The molecule has 0 aromatic heterocycles. The summed E-state index contributed by atoms with van der Waals surface area (Å²) in [5, 5.41) is 10.8. The normalized spacial score (nSPS) is 31.2. The molecule has 2 heterocycles. The Balaban J connectivity index is 1.66. The number of hydrogen-bond donors (Lipinski definition) is 3. The lowest BCUT2D eigenvalue weighted by molar-refractivity contribution is 0.0233. The Hall–Kier alpha value is -0.980. The van der Waals surface area contributed by atoms with Crippen molar-refractivity contribution in [1.82, 2.24) is 20.7 Å². The molecule has 3 N–H and O–H groups in total. The van der Waals surface area contributed by atoms with E-state index >= 15 is 0 Å². The molecule has 2 aliphatic rings. The minimum atomic E-state index is -0.558. The standard InChI is InChI=1S/C19H32N4O/c1-14-5-6-15(2)17(9-14)18-16(10-20-21-18)11-23-8-7-19(24,13-23)12-22(3)4/h5-6,9,16,18,20-21,24H,7-8,10-13H2,1-4H3. The van der Waals surface area contributed by atoms with Crippen molar-refractivity contribution in [2.24, 2.45) is 5.92 Å². The van der Waals surface area contributed by atoms with Crippen molar-refractivity contribution in [1.29, 1.82) is 0 Å². The maximum absolute atomic E-state index is 10.8. The summed E-state index contributed by atoms with van der Waals surface area (Å²) >= 11 is 0. The lowest BCUT2D eigenvalue weighted by Crippen LogP contribution is -2.43. The van der Waals surface area contributed by atoms with Gasteiger partial charge in [-0.3, -0.25) is 10.3 Å². The smallest absolute Gasteiger partial charge is 0.0912 e. The Morgan fingerprint density at radius 2 is 2.12 bits per heavy atom. The van der Waals surface area contributed by atoms with Crippen LogP contribution in [0.1, 0.15) is 29.2 Å². The second-order valence-electron chi connectivity index (χ2n) is 8.07. The van der Waals surface area contributed by atoms with Gasteiger partial charge >= 0.3 is 0 Å². The molecule has 134 valence electrons. The number of likely N-dealkylation sites (N-methyl/N-ethyl adjacent to an activating group) is 1. The van der Waals surface area contributed by atoms with Crippen LogP contribution in [0.15, 0.2) is 18.2 Å². The zero-order valence-corrected chi connectivity index (χ0v) is 15.5. The van der Waals surface area contributed by atoms with E-state index in [1.807, 2.05) is 14.1 Å². The number of β-amino-alcohol motifs (C(OH)–C–C–N with tert-alkyl or cyclic N) is 1. The fourth-order valence-corrected chi connectivity index (χ4v) is 4.28. The van der Waals surface area contributed by atoms with Crippen LogP contribution in [0.4, 0.5) is 0 Å². The second kappa shape index (κ2) is 7.10. The third-order valence-corrected chi connectivity index (χ3v) is 5.38. The van der Waals surface area contributed by atoms with Gasteiger partial charge in [-0.25, -0.2) is 5.43 Å². The molecule has 0 radical (unpaired) electrons. The van der Waals surface area contributed by atoms with E-state index in [9.17, 15) is 5.11 Å². The van der Waals surface area contributed by atoms with E-state index in [0.717, 1.165) is 39.1 Å². The van der Waals surface area contributed by atoms with Crippen molar-refractivity contribution >= 4 is 0 Å². The maximum atomic E-state index is 10.8. The van der Waals surface area contributed by atoms with E-state index < -0.39 is 5.60 Å². The fourth-order valence-electron chi connectivity index (χ4n) is 4.28. The number of benzene rings is 1. The van der Waals surface area contributed by atoms with Crippen molar-refractivity contribution in [2.75, 3.05) is 46.8 Å². The number of likely N-dealkylation sites (tertiary alicyclic amines) is 1. The van der Waals surface area contributed by atoms with Gasteiger partial charge in [0.1, 0.15) is 0 Å². The van der Waals surface area contributed by atoms with Crippen molar-refractivity contribution in [3.05, 3.63) is 34.9 Å². The van der Waals surface area contributed by atoms with E-state index in [4.69, 9.17) is 0 Å². The van der Waals surface area contributed by atoms with Gasteiger partial charge in [0.2, 0.25) is 0 Å². The van der Waals surface area contributed by atoms with Crippen LogP contribution in [-0.4, -0.2) is 67.3 Å². The lowest BCUT2D eigenvalue weighted by atomic mass is 9.90. The highest BCUT2D eigenvalue weighted by Gasteiger charge is 2.39. The Labute approximate surface area is 146 Å². The minimum Gasteiger partial charge on any atom is -0.387 e. The molecule has 3 rings (SSSR count). The quantitative estimate of drug-likeness (QED) is 0.753. The molecule has 1 aromatic rings. The maximum Gasteiger partial charge on any atom is 0.0912 e. The number of nitrogens with zero attached hydrogens (tertiary/aromatic N) is 2. The minimum absolute atomic E-state index is 0.340. The van der Waals surface area contributed by atoms with Crippen LogP contribution < -0.4 is 10.9 Å². The van der Waals surface area contributed by atoms with E-state index in [2.05, 4.69) is 52.7 Å². The Morgan fingerprint density at radius 3 is 2.88 bits per heavy atom. The third-order valence-electron chi connectivity index (χ3n) is 5.38. The average molecular weight is 332 g/mol. The molecule has 0 amide bonds. The Morgan fingerprint density at radius 1 is 1.33 bits per heavy atom. The summed E-state index contributed by atoms with van der Waals surface area (Å²) in [6, 6.07) is 7.04. The number of rotatable bonds is 5. The van der Waals surface area contributed by atoms with Crippen LogP contribution in [0.5, 0.6) is 0 Å². The molecule has 2 fully saturated rings. The molecular weight excluding hydrogens is 300 g/mol. The lowest BCUT2D eigenvalue weighted by Gasteiger charge is -2.29. The second-order valence-corrected chi connectivity index (χ2v) is 8.07. The van der Waals surface area contributed by atoms with Gasteiger partial charge in [-0.15, -0.1) is 0 Å². The monoisotopic (exact) mass is 332 g/mol. The summed E-state index contributed by atoms with van der Waals surface area (Å²) < 4.78 is 0. The van der Waals surface area contributed by atoms with Gasteiger partial charge in [-0.2, -0.15) is 0 Å². The van der Waals surface area contributed by atoms with Crippen molar-refractivity contribution < 1.29 is 5.11 Å². The SMILES string of the molecule is Cc1ccc(C)c(C2NNCC2CN2CCC(O)(CN(C)C)C2)c1. The number of aryl methyl sites for hydroxylation is 2. The van der Waals surface area contributed by atoms with Gasteiger partial charge in [0.05, 0.1) is 11.6 Å². The van der Waals surface area contributed by atoms with Crippen molar-refractivity contribution in [3.8, 4) is 0 Å². The molecule has 3 atom stereocenters. The predicted octanol–water partition coefficient (Wildman–Crippen LogP) is 1.07. The summed E-state index contributed by atoms with van der Waals surface area (Å²) in [5.74, 6) is 0.521. The highest BCUT2D eigenvalue weighted by molar-refractivity contribution is 5.34. The van der Waals surface area contributed by atoms with Crippen LogP contribution in [0.2, 0.25) is 0 Å². The zero-order valence-electron chi connectivity index (χ0n) is 15.5. The largest absolute Gasteiger partial charge is 0.387 e. The fraction of sp³-hybridized carbons (Fsp3) is 0.684. The van der Waals surface area contributed by atoms with Gasteiger partial charge < -0.3 is 10.0 Å². The molecule has 3 unspecified atom stereocenters. The highest BCUT2D eigenvalue weighted by atomic mass is 16.3. The van der Waals surface area contributed by atoms with Gasteiger partial charge in [0.15, 0.2) is 0 Å². The van der Waals surface area contributed by atoms with Crippen LogP contribution in [-0.2, 0) is 0 Å². The first kappa shape index (κ1) is 17.8. The summed E-state index contributed by atoms with van der Waals surface area (Å²) in [4.78, 5) is 4.52. The van der Waals surface area contributed by atoms with Gasteiger partial charge in [0.25, 0.3) is 0 Å². The number of nitrogens with one attached hydrogen (secondary N) is 2. The van der Waals surface area contributed by atoms with Crippen LogP contribution in [0.25, 0.3) is 0 Å². The molecule has 2 aliphatic heterocycles. The number of aliphatic hydroxyl groups is 1. The summed E-state index contributed by atoms with van der Waals surface area (Å²) in [7, 11) is 4.06. The number of hydrogen-bond acceptors (Lipinski definition) is 5. The molecule has 5 heteroatoms. The number of hydrazine groups is 1. The Kier molecular flexibility index (Phi) is 5.27. The molecule has 5 nitrogen and oxygen atoms in total. The van der Waals surface area contributed by atoms with Gasteiger partial charge in [-0.1, -0.05) is 23.8 Å². The summed E-state index contributed by atoms with van der Waals surface area (Å²) in [5.41, 5.74) is 10.3. The topological polar surface area (TPSA) is 50.8 Å². The molecule has 0 saturated carbocycles. The van der Waals surface area contributed by atoms with E-state index in [1.165, 1.54) is 16.7 Å².